The summed E-state index contributed by atoms with van der Waals surface area (Å²) >= 11 is 4.47. The van der Waals surface area contributed by atoms with Gasteiger partial charge in [-0.15, -0.1) is 11.3 Å². The highest BCUT2D eigenvalue weighted by Crippen LogP contribution is 2.13. The van der Waals surface area contributed by atoms with Crippen molar-refractivity contribution in [1.29, 1.82) is 0 Å². The number of rotatable bonds is 2. The Bertz CT molecular complexity index is 261. The quantitative estimate of drug-likeness (QED) is 0.794. The fourth-order valence-corrected chi connectivity index (χ4v) is 1.41. The molecule has 1 heterocycles. The molecular formula is C6H7BrN2OS. The average molecular weight is 235 g/mol. The van der Waals surface area contributed by atoms with Gasteiger partial charge in [-0.05, 0) is 6.92 Å². The summed E-state index contributed by atoms with van der Waals surface area (Å²) < 4.78 is 0. The summed E-state index contributed by atoms with van der Waals surface area (Å²) in [7, 11) is 0. The van der Waals surface area contributed by atoms with Crippen LogP contribution in [0.4, 0.5) is 5.13 Å². The number of nitrogens with zero attached hydrogens (tertiary/aromatic N) is 1. The lowest BCUT2D eigenvalue weighted by Gasteiger charge is -1.94. The van der Waals surface area contributed by atoms with E-state index in [0.29, 0.717) is 10.5 Å². The smallest absolute Gasteiger partial charge is 0.236 e. The maximum atomic E-state index is 10.8. The molecule has 0 aliphatic carbocycles. The Morgan fingerprint density at radius 2 is 2.64 bits per heavy atom. The molecule has 3 nitrogen and oxygen atoms in total. The minimum absolute atomic E-state index is 0.0700. The molecular weight excluding hydrogens is 228 g/mol. The zero-order valence-corrected chi connectivity index (χ0v) is 8.33. The zero-order chi connectivity index (χ0) is 8.27. The third-order valence-electron chi connectivity index (χ3n) is 0.987. The Morgan fingerprint density at radius 1 is 1.91 bits per heavy atom. The van der Waals surface area contributed by atoms with Crippen molar-refractivity contribution in [1.82, 2.24) is 4.98 Å². The minimum atomic E-state index is -0.0700. The summed E-state index contributed by atoms with van der Waals surface area (Å²) in [5, 5.41) is 5.50. The summed E-state index contributed by atoms with van der Waals surface area (Å²) in [5.74, 6) is -0.0700. The molecule has 1 aromatic rings. The van der Waals surface area contributed by atoms with E-state index in [9.17, 15) is 4.79 Å². The van der Waals surface area contributed by atoms with Crippen LogP contribution in [-0.2, 0) is 4.79 Å². The topological polar surface area (TPSA) is 42.0 Å². The van der Waals surface area contributed by atoms with Crippen molar-refractivity contribution in [3.63, 3.8) is 0 Å². The number of anilines is 1. The number of amides is 1. The number of aryl methyl sites for hydroxylation is 1. The number of hydrogen-bond acceptors (Lipinski definition) is 3. The number of hydrogen-bond donors (Lipinski definition) is 1. The van der Waals surface area contributed by atoms with Crippen molar-refractivity contribution in [2.45, 2.75) is 6.92 Å². The van der Waals surface area contributed by atoms with Gasteiger partial charge in [-0.1, -0.05) is 15.9 Å². The lowest BCUT2D eigenvalue weighted by atomic mass is 10.6. The Morgan fingerprint density at radius 3 is 3.09 bits per heavy atom. The predicted molar refractivity (Wildman–Crippen MR) is 49.3 cm³/mol. The standard InChI is InChI=1S/C6H7BrN2OS/c1-4-3-11-6(8-4)9-5(10)2-7/h3H,2H2,1H3,(H,8,9,10). The van der Waals surface area contributed by atoms with Gasteiger partial charge in [0.25, 0.3) is 0 Å². The summed E-state index contributed by atoms with van der Waals surface area (Å²) in [6.07, 6.45) is 0. The van der Waals surface area contributed by atoms with Crippen molar-refractivity contribution < 1.29 is 4.79 Å². The van der Waals surface area contributed by atoms with Gasteiger partial charge in [-0.3, -0.25) is 4.79 Å². The number of alkyl halides is 1. The Labute approximate surface area is 77.0 Å². The lowest BCUT2D eigenvalue weighted by molar-refractivity contribution is -0.113. The minimum Gasteiger partial charge on any atom is -0.301 e. The molecule has 0 fully saturated rings. The monoisotopic (exact) mass is 234 g/mol. The van der Waals surface area contributed by atoms with E-state index in [1.165, 1.54) is 11.3 Å². The Balaban J connectivity index is 2.57. The van der Waals surface area contributed by atoms with Crippen LogP contribution in [0.25, 0.3) is 0 Å². The van der Waals surface area contributed by atoms with Crippen molar-refractivity contribution in [3.05, 3.63) is 11.1 Å². The maximum Gasteiger partial charge on any atom is 0.236 e. The van der Waals surface area contributed by atoms with Gasteiger partial charge in [0, 0.05) is 5.38 Å². The van der Waals surface area contributed by atoms with Gasteiger partial charge in [-0.25, -0.2) is 4.98 Å². The first-order chi connectivity index (χ1) is 5.22. The van der Waals surface area contributed by atoms with E-state index < -0.39 is 0 Å². The molecule has 0 aromatic carbocycles. The molecule has 0 radical (unpaired) electrons. The first-order valence-corrected chi connectivity index (χ1v) is 5.00. The van der Waals surface area contributed by atoms with Gasteiger partial charge in [0.05, 0.1) is 11.0 Å². The lowest BCUT2D eigenvalue weighted by Crippen LogP contribution is -2.11. The molecule has 0 spiro atoms. The van der Waals surface area contributed by atoms with E-state index in [4.69, 9.17) is 0 Å². The van der Waals surface area contributed by atoms with Crippen LogP contribution in [0.2, 0.25) is 0 Å². The number of halogens is 1. The first kappa shape index (κ1) is 8.67. The van der Waals surface area contributed by atoms with Crippen LogP contribution in [0.15, 0.2) is 5.38 Å². The number of carbonyl (C=O) groups is 1. The second-order valence-corrected chi connectivity index (χ2v) is 3.39. The van der Waals surface area contributed by atoms with Gasteiger partial charge in [0.2, 0.25) is 5.91 Å². The molecule has 0 aliphatic rings. The van der Waals surface area contributed by atoms with Crippen molar-refractivity contribution >= 4 is 38.3 Å². The highest BCUT2D eigenvalue weighted by molar-refractivity contribution is 9.09. The normalized spacial score (nSPS) is 9.64. The molecule has 1 amide bonds. The molecule has 0 unspecified atom stereocenters. The summed E-state index contributed by atoms with van der Waals surface area (Å²) in [4.78, 5) is 14.9. The molecule has 11 heavy (non-hydrogen) atoms. The predicted octanol–water partition coefficient (Wildman–Crippen LogP) is 1.78. The van der Waals surface area contributed by atoms with E-state index in [1.54, 1.807) is 0 Å². The number of thiazole rings is 1. The van der Waals surface area contributed by atoms with E-state index in [-0.39, 0.29) is 5.91 Å². The van der Waals surface area contributed by atoms with Gasteiger partial charge in [0.15, 0.2) is 5.13 Å². The third kappa shape index (κ3) is 2.59. The van der Waals surface area contributed by atoms with Crippen LogP contribution in [0.3, 0.4) is 0 Å². The fourth-order valence-electron chi connectivity index (χ4n) is 0.564. The van der Waals surface area contributed by atoms with E-state index >= 15 is 0 Å². The second-order valence-electron chi connectivity index (χ2n) is 1.98. The summed E-state index contributed by atoms with van der Waals surface area (Å²) in [6, 6.07) is 0. The maximum absolute atomic E-state index is 10.8. The van der Waals surface area contributed by atoms with Crippen LogP contribution in [0.1, 0.15) is 5.69 Å². The second kappa shape index (κ2) is 3.82. The molecule has 1 rings (SSSR count). The summed E-state index contributed by atoms with van der Waals surface area (Å²) in [6.45, 7) is 1.89. The molecule has 0 atom stereocenters. The van der Waals surface area contributed by atoms with Crippen molar-refractivity contribution in [3.8, 4) is 0 Å². The number of aromatic nitrogens is 1. The zero-order valence-electron chi connectivity index (χ0n) is 5.93. The molecule has 0 aliphatic heterocycles. The average Bonchev–Trinajstić information content (AvgIpc) is 2.35. The summed E-state index contributed by atoms with van der Waals surface area (Å²) in [5.41, 5.74) is 0.930. The molecule has 1 aromatic heterocycles. The van der Waals surface area contributed by atoms with E-state index in [2.05, 4.69) is 26.2 Å². The molecule has 1 N–H and O–H groups in total. The van der Waals surface area contributed by atoms with Crippen molar-refractivity contribution in [2.24, 2.45) is 0 Å². The third-order valence-corrected chi connectivity index (χ3v) is 2.37. The highest BCUT2D eigenvalue weighted by atomic mass is 79.9. The Hall–Kier alpha value is -0.420. The van der Waals surface area contributed by atoms with Crippen LogP contribution >= 0.6 is 27.3 Å². The van der Waals surface area contributed by atoms with Crippen LogP contribution in [0.5, 0.6) is 0 Å². The van der Waals surface area contributed by atoms with Crippen molar-refractivity contribution in [2.75, 3.05) is 10.6 Å². The molecule has 5 heteroatoms. The van der Waals surface area contributed by atoms with Gasteiger partial charge in [-0.2, -0.15) is 0 Å². The number of nitrogens with one attached hydrogen (secondary N) is 1. The molecule has 0 saturated heterocycles. The van der Waals surface area contributed by atoms with Gasteiger partial charge in [0.1, 0.15) is 0 Å². The Kier molecular flexibility index (Phi) is 3.02. The highest BCUT2D eigenvalue weighted by Gasteiger charge is 2.01. The van der Waals surface area contributed by atoms with E-state index in [0.717, 1.165) is 5.69 Å². The van der Waals surface area contributed by atoms with Crippen LogP contribution in [0, 0.1) is 6.92 Å². The molecule has 0 bridgehead atoms. The van der Waals surface area contributed by atoms with Gasteiger partial charge >= 0.3 is 0 Å². The van der Waals surface area contributed by atoms with Gasteiger partial charge < -0.3 is 5.32 Å². The van der Waals surface area contributed by atoms with Crippen LogP contribution in [-0.4, -0.2) is 16.2 Å². The van der Waals surface area contributed by atoms with Crippen LogP contribution < -0.4 is 5.32 Å². The molecule has 60 valence electrons. The number of carbonyl (C=O) groups excluding carboxylic acids is 1. The van der Waals surface area contributed by atoms with E-state index in [1.807, 2.05) is 12.3 Å². The SMILES string of the molecule is Cc1csc(NC(=O)CBr)n1. The fraction of sp³-hybridized carbons (Fsp3) is 0.333. The molecule has 0 saturated carbocycles. The largest absolute Gasteiger partial charge is 0.301 e. The first-order valence-electron chi connectivity index (χ1n) is 3.00.